The molecule has 0 atom stereocenters. The molecule has 132 valence electrons. The van der Waals surface area contributed by atoms with E-state index in [9.17, 15) is 4.79 Å². The van der Waals surface area contributed by atoms with Crippen molar-refractivity contribution < 1.29 is 9.53 Å². The molecule has 0 radical (unpaired) electrons. The van der Waals surface area contributed by atoms with Crippen molar-refractivity contribution in [3.8, 4) is 11.3 Å². The summed E-state index contributed by atoms with van der Waals surface area (Å²) in [4.78, 5) is 14.1. The molecule has 0 spiro atoms. The molecule has 1 aliphatic heterocycles. The molecule has 0 aliphatic carbocycles. The van der Waals surface area contributed by atoms with E-state index in [0.29, 0.717) is 12.1 Å². The van der Waals surface area contributed by atoms with Crippen LogP contribution >= 0.6 is 0 Å². The number of carbonyl (C=O) groups excluding carboxylic acids is 1. The third kappa shape index (κ3) is 3.02. The van der Waals surface area contributed by atoms with Crippen molar-refractivity contribution in [1.29, 1.82) is 0 Å². The second kappa shape index (κ2) is 6.77. The molecule has 0 saturated heterocycles. The number of rotatable bonds is 4. The highest BCUT2D eigenvalue weighted by molar-refractivity contribution is 5.89. The molecular formula is C21H21N3O2. The molecule has 0 unspecified atom stereocenters. The fourth-order valence-electron chi connectivity index (χ4n) is 3.54. The molecule has 1 aliphatic rings. The minimum Gasteiger partial charge on any atom is -0.465 e. The van der Waals surface area contributed by atoms with Gasteiger partial charge >= 0.3 is 5.97 Å². The summed E-state index contributed by atoms with van der Waals surface area (Å²) < 4.78 is 6.89. The summed E-state index contributed by atoms with van der Waals surface area (Å²) in [5.41, 5.74) is 6.35. The van der Waals surface area contributed by atoms with Gasteiger partial charge in [-0.1, -0.05) is 42.5 Å². The highest BCUT2D eigenvalue weighted by Gasteiger charge is 2.26. The Kier molecular flexibility index (Phi) is 4.31. The molecule has 5 heteroatoms. The highest BCUT2D eigenvalue weighted by atomic mass is 16.5. The van der Waals surface area contributed by atoms with Crippen LogP contribution in [-0.4, -0.2) is 34.8 Å². The number of methoxy groups -OCH3 is 1. The van der Waals surface area contributed by atoms with E-state index in [1.807, 2.05) is 24.3 Å². The summed E-state index contributed by atoms with van der Waals surface area (Å²) in [6, 6.07) is 17.9. The summed E-state index contributed by atoms with van der Waals surface area (Å²) in [5.74, 6) is -0.320. The van der Waals surface area contributed by atoms with Gasteiger partial charge in [0.05, 0.1) is 30.6 Å². The van der Waals surface area contributed by atoms with Gasteiger partial charge < -0.3 is 4.74 Å². The molecule has 5 nitrogen and oxygen atoms in total. The number of aromatic nitrogens is 2. The van der Waals surface area contributed by atoms with Crippen LogP contribution in [-0.2, 0) is 24.4 Å². The van der Waals surface area contributed by atoms with Crippen molar-refractivity contribution >= 4 is 5.97 Å². The molecule has 2 aromatic carbocycles. The smallest absolute Gasteiger partial charge is 0.337 e. The Bertz CT molecular complexity index is 947. The first-order valence-electron chi connectivity index (χ1n) is 8.65. The number of hydrogen-bond acceptors (Lipinski definition) is 4. The molecule has 3 aromatic rings. The number of fused-ring (bicyclic) bond motifs is 1. The number of benzene rings is 2. The Hall–Kier alpha value is -2.92. The molecule has 0 amide bonds. The van der Waals surface area contributed by atoms with Crippen LogP contribution in [0.15, 0.2) is 54.6 Å². The van der Waals surface area contributed by atoms with Gasteiger partial charge in [-0.25, -0.2) is 4.79 Å². The van der Waals surface area contributed by atoms with Crippen molar-refractivity contribution in [3.05, 3.63) is 77.0 Å². The van der Waals surface area contributed by atoms with Crippen LogP contribution in [0.4, 0.5) is 0 Å². The van der Waals surface area contributed by atoms with Gasteiger partial charge in [0.15, 0.2) is 0 Å². The van der Waals surface area contributed by atoms with Gasteiger partial charge in [0, 0.05) is 24.2 Å². The number of carbonyl (C=O) groups is 1. The largest absolute Gasteiger partial charge is 0.465 e. The first-order chi connectivity index (χ1) is 12.7. The average Bonchev–Trinajstić information content (AvgIpc) is 3.17. The van der Waals surface area contributed by atoms with E-state index in [4.69, 9.17) is 9.84 Å². The van der Waals surface area contributed by atoms with E-state index >= 15 is 0 Å². The van der Waals surface area contributed by atoms with E-state index in [-0.39, 0.29) is 5.97 Å². The van der Waals surface area contributed by atoms with Crippen molar-refractivity contribution in [2.45, 2.75) is 19.6 Å². The number of nitrogens with zero attached hydrogens (tertiary/aromatic N) is 3. The predicted molar refractivity (Wildman–Crippen MR) is 99.7 cm³/mol. The lowest BCUT2D eigenvalue weighted by Crippen LogP contribution is -2.13. The second-order valence-corrected chi connectivity index (χ2v) is 6.66. The van der Waals surface area contributed by atoms with Crippen LogP contribution < -0.4 is 0 Å². The zero-order chi connectivity index (χ0) is 18.1. The van der Waals surface area contributed by atoms with Crippen molar-refractivity contribution in [2.75, 3.05) is 14.2 Å². The van der Waals surface area contributed by atoms with Gasteiger partial charge in [-0.15, -0.1) is 0 Å². The molecule has 1 aromatic heterocycles. The monoisotopic (exact) mass is 347 g/mol. The quantitative estimate of drug-likeness (QED) is 0.679. The summed E-state index contributed by atoms with van der Waals surface area (Å²) in [7, 11) is 3.51. The Morgan fingerprint density at radius 1 is 1.12 bits per heavy atom. The number of hydrogen-bond donors (Lipinski definition) is 0. The molecule has 0 N–H and O–H groups in total. The van der Waals surface area contributed by atoms with E-state index in [2.05, 4.69) is 40.9 Å². The Labute approximate surface area is 152 Å². The van der Waals surface area contributed by atoms with Gasteiger partial charge in [0.25, 0.3) is 0 Å². The van der Waals surface area contributed by atoms with Gasteiger partial charge in [-0.05, 0) is 24.7 Å². The first kappa shape index (κ1) is 16.5. The lowest BCUT2D eigenvalue weighted by molar-refractivity contribution is 0.0600. The Balaban J connectivity index is 1.74. The molecule has 2 heterocycles. The Morgan fingerprint density at radius 2 is 1.92 bits per heavy atom. The zero-order valence-electron chi connectivity index (χ0n) is 15.0. The van der Waals surface area contributed by atoms with Crippen LogP contribution in [0.2, 0.25) is 0 Å². The average molecular weight is 347 g/mol. The second-order valence-electron chi connectivity index (χ2n) is 6.66. The fraction of sp³-hybridized carbons (Fsp3) is 0.238. The van der Waals surface area contributed by atoms with Gasteiger partial charge in [0.2, 0.25) is 0 Å². The Morgan fingerprint density at radius 3 is 2.69 bits per heavy atom. The standard InChI is InChI=1S/C21H21N3O2/c1-23-13-18-19(14-23)22-24(20(18)16-8-4-3-5-9-16)12-15-7-6-10-17(11-15)21(25)26-2/h3-11H,12-14H2,1-2H3. The lowest BCUT2D eigenvalue weighted by atomic mass is 10.1. The summed E-state index contributed by atoms with van der Waals surface area (Å²) in [6.45, 7) is 2.39. The van der Waals surface area contributed by atoms with E-state index in [0.717, 1.165) is 30.0 Å². The minimum absolute atomic E-state index is 0.320. The van der Waals surface area contributed by atoms with Crippen LogP contribution in [0.3, 0.4) is 0 Å². The predicted octanol–water partition coefficient (Wildman–Crippen LogP) is 3.33. The normalized spacial score (nSPS) is 13.6. The number of esters is 1. The molecule has 26 heavy (non-hydrogen) atoms. The summed E-state index contributed by atoms with van der Waals surface area (Å²) in [6.07, 6.45) is 0. The third-order valence-electron chi connectivity index (χ3n) is 4.71. The highest BCUT2D eigenvalue weighted by Crippen LogP contribution is 2.32. The van der Waals surface area contributed by atoms with E-state index < -0.39 is 0 Å². The van der Waals surface area contributed by atoms with Crippen LogP contribution in [0.5, 0.6) is 0 Å². The van der Waals surface area contributed by atoms with Gasteiger partial charge in [-0.2, -0.15) is 5.10 Å². The van der Waals surface area contributed by atoms with E-state index in [1.54, 1.807) is 6.07 Å². The van der Waals surface area contributed by atoms with Crippen LogP contribution in [0.1, 0.15) is 27.2 Å². The van der Waals surface area contributed by atoms with Gasteiger partial charge in [0.1, 0.15) is 0 Å². The molecule has 4 rings (SSSR count). The maximum absolute atomic E-state index is 11.8. The lowest BCUT2D eigenvalue weighted by Gasteiger charge is -2.13. The third-order valence-corrected chi connectivity index (χ3v) is 4.71. The van der Waals surface area contributed by atoms with E-state index in [1.165, 1.54) is 18.2 Å². The van der Waals surface area contributed by atoms with Crippen LogP contribution in [0, 0.1) is 0 Å². The van der Waals surface area contributed by atoms with Crippen molar-refractivity contribution in [2.24, 2.45) is 0 Å². The maximum atomic E-state index is 11.8. The molecule has 0 fully saturated rings. The first-order valence-corrected chi connectivity index (χ1v) is 8.65. The number of ether oxygens (including phenoxy) is 1. The topological polar surface area (TPSA) is 47.4 Å². The van der Waals surface area contributed by atoms with Crippen molar-refractivity contribution in [1.82, 2.24) is 14.7 Å². The summed E-state index contributed by atoms with van der Waals surface area (Å²) in [5, 5.41) is 4.87. The molecular weight excluding hydrogens is 326 g/mol. The maximum Gasteiger partial charge on any atom is 0.337 e. The SMILES string of the molecule is COC(=O)c1cccc(Cn2nc3c(c2-c2ccccc2)CN(C)C3)c1. The minimum atomic E-state index is -0.320. The molecule has 0 saturated carbocycles. The van der Waals surface area contributed by atoms with Crippen molar-refractivity contribution in [3.63, 3.8) is 0 Å². The fourth-order valence-corrected chi connectivity index (χ4v) is 3.54. The summed E-state index contributed by atoms with van der Waals surface area (Å²) >= 11 is 0. The van der Waals surface area contributed by atoms with Crippen LogP contribution in [0.25, 0.3) is 11.3 Å². The molecule has 0 bridgehead atoms. The van der Waals surface area contributed by atoms with Gasteiger partial charge in [-0.3, -0.25) is 9.58 Å². The zero-order valence-corrected chi connectivity index (χ0v) is 15.0.